The molecule has 0 aliphatic carbocycles. The molecule has 0 bridgehead atoms. The van der Waals surface area contributed by atoms with E-state index in [4.69, 9.17) is 9.84 Å². The predicted molar refractivity (Wildman–Crippen MR) is 58.1 cm³/mol. The molecule has 2 heterocycles. The van der Waals surface area contributed by atoms with Crippen LogP contribution in [0.5, 0.6) is 0 Å². The van der Waals surface area contributed by atoms with Gasteiger partial charge in [-0.2, -0.15) is 0 Å². The number of aliphatic hydroxyl groups excluding tert-OH is 2. The molecule has 0 saturated carbocycles. The number of nitrogens with zero attached hydrogens (tertiary/aromatic N) is 1. The first-order valence-electron chi connectivity index (χ1n) is 5.36. The number of hydrogen-bond donors (Lipinski definition) is 3. The Morgan fingerprint density at radius 3 is 3.06 bits per heavy atom. The van der Waals surface area contributed by atoms with Crippen molar-refractivity contribution in [3.63, 3.8) is 0 Å². The summed E-state index contributed by atoms with van der Waals surface area (Å²) >= 11 is 0. The van der Waals surface area contributed by atoms with Gasteiger partial charge in [0.1, 0.15) is 12.3 Å². The van der Waals surface area contributed by atoms with E-state index in [-0.39, 0.29) is 18.9 Å². The van der Waals surface area contributed by atoms with Crippen LogP contribution in [0, 0.1) is 0 Å². The average Bonchev–Trinajstić information content (AvgIpc) is 2.70. The fourth-order valence-electron chi connectivity index (χ4n) is 1.71. The third-order valence-electron chi connectivity index (χ3n) is 2.62. The monoisotopic (exact) mass is 238 g/mol. The minimum atomic E-state index is -0.751. The number of ether oxygens (including phenoxy) is 1. The van der Waals surface area contributed by atoms with E-state index in [1.807, 2.05) is 0 Å². The van der Waals surface area contributed by atoms with E-state index in [2.05, 4.69) is 10.3 Å². The number of carbonyl (C=O) groups is 1. The molecule has 1 aliphatic heterocycles. The van der Waals surface area contributed by atoms with E-state index in [1.54, 1.807) is 18.3 Å². The summed E-state index contributed by atoms with van der Waals surface area (Å²) in [4.78, 5) is 15.6. The van der Waals surface area contributed by atoms with Gasteiger partial charge in [-0.1, -0.05) is 0 Å². The molecule has 92 valence electrons. The summed E-state index contributed by atoms with van der Waals surface area (Å²) in [6.07, 6.45) is 1.35. The van der Waals surface area contributed by atoms with Crippen molar-refractivity contribution in [3.05, 3.63) is 30.1 Å². The molecule has 1 fully saturated rings. The van der Waals surface area contributed by atoms with Gasteiger partial charge in [-0.3, -0.25) is 9.78 Å². The highest BCUT2D eigenvalue weighted by molar-refractivity contribution is 5.93. The number of pyridine rings is 1. The Bertz CT molecular complexity index is 384. The second kappa shape index (κ2) is 5.22. The molecule has 1 saturated heterocycles. The summed E-state index contributed by atoms with van der Waals surface area (Å²) in [5.41, 5.74) is 0.429. The van der Waals surface area contributed by atoms with Crippen molar-refractivity contribution >= 4 is 5.91 Å². The Balaban J connectivity index is 1.93. The average molecular weight is 238 g/mol. The van der Waals surface area contributed by atoms with Crippen LogP contribution in [0.4, 0.5) is 0 Å². The zero-order chi connectivity index (χ0) is 12.3. The highest BCUT2D eigenvalue weighted by atomic mass is 16.5. The highest BCUT2D eigenvalue weighted by Gasteiger charge is 2.34. The first kappa shape index (κ1) is 12.0. The SMILES string of the molecule is O=C(NC1CC(O)C(CO)O1)c1cccnc1. The second-order valence-corrected chi connectivity index (χ2v) is 3.86. The van der Waals surface area contributed by atoms with Gasteiger partial charge in [0.05, 0.1) is 18.3 Å². The van der Waals surface area contributed by atoms with Gasteiger partial charge in [0.25, 0.3) is 5.91 Å². The Morgan fingerprint density at radius 2 is 2.47 bits per heavy atom. The lowest BCUT2D eigenvalue weighted by molar-refractivity contribution is -0.0288. The van der Waals surface area contributed by atoms with Crippen LogP contribution >= 0.6 is 0 Å². The molecule has 0 aromatic carbocycles. The van der Waals surface area contributed by atoms with Crippen LogP contribution in [-0.2, 0) is 4.74 Å². The number of amides is 1. The molecule has 17 heavy (non-hydrogen) atoms. The van der Waals surface area contributed by atoms with E-state index >= 15 is 0 Å². The van der Waals surface area contributed by atoms with Crippen molar-refractivity contribution in [1.29, 1.82) is 0 Å². The minimum absolute atomic E-state index is 0.263. The van der Waals surface area contributed by atoms with Crippen molar-refractivity contribution in [2.24, 2.45) is 0 Å². The quantitative estimate of drug-likeness (QED) is 0.646. The smallest absolute Gasteiger partial charge is 0.254 e. The Labute approximate surface area is 98.2 Å². The molecule has 0 spiro atoms. The van der Waals surface area contributed by atoms with Crippen molar-refractivity contribution in [3.8, 4) is 0 Å². The number of hydrogen-bond acceptors (Lipinski definition) is 5. The lowest BCUT2D eigenvalue weighted by Gasteiger charge is -2.13. The first-order chi connectivity index (χ1) is 8.20. The number of nitrogens with one attached hydrogen (secondary N) is 1. The molecule has 6 heteroatoms. The van der Waals surface area contributed by atoms with Crippen LogP contribution in [0.15, 0.2) is 24.5 Å². The molecule has 1 aromatic rings. The largest absolute Gasteiger partial charge is 0.394 e. The van der Waals surface area contributed by atoms with Gasteiger partial charge >= 0.3 is 0 Å². The highest BCUT2D eigenvalue weighted by Crippen LogP contribution is 2.18. The summed E-state index contributed by atoms with van der Waals surface area (Å²) in [6.45, 7) is -0.263. The van der Waals surface area contributed by atoms with Crippen LogP contribution in [0.25, 0.3) is 0 Å². The third-order valence-corrected chi connectivity index (χ3v) is 2.62. The fraction of sp³-hybridized carbons (Fsp3) is 0.455. The van der Waals surface area contributed by atoms with Gasteiger partial charge < -0.3 is 20.3 Å². The molecule has 6 nitrogen and oxygen atoms in total. The summed E-state index contributed by atoms with van der Waals surface area (Å²) in [6, 6.07) is 3.30. The van der Waals surface area contributed by atoms with Crippen LogP contribution in [0.3, 0.4) is 0 Å². The van der Waals surface area contributed by atoms with Gasteiger partial charge in [0.15, 0.2) is 0 Å². The summed E-state index contributed by atoms with van der Waals surface area (Å²) < 4.78 is 5.26. The van der Waals surface area contributed by atoms with Crippen LogP contribution in [0.2, 0.25) is 0 Å². The Hall–Kier alpha value is -1.50. The Morgan fingerprint density at radius 1 is 1.65 bits per heavy atom. The van der Waals surface area contributed by atoms with E-state index in [1.165, 1.54) is 6.20 Å². The minimum Gasteiger partial charge on any atom is -0.394 e. The van der Waals surface area contributed by atoms with Crippen molar-refractivity contribution < 1.29 is 19.7 Å². The number of rotatable bonds is 3. The molecule has 1 aliphatic rings. The van der Waals surface area contributed by atoms with E-state index < -0.39 is 18.4 Å². The van der Waals surface area contributed by atoms with Crippen molar-refractivity contribution in [2.45, 2.75) is 24.9 Å². The number of aliphatic hydroxyl groups is 2. The van der Waals surface area contributed by atoms with Crippen molar-refractivity contribution in [1.82, 2.24) is 10.3 Å². The van der Waals surface area contributed by atoms with E-state index in [9.17, 15) is 9.90 Å². The molecular weight excluding hydrogens is 224 g/mol. The zero-order valence-corrected chi connectivity index (χ0v) is 9.11. The molecule has 3 N–H and O–H groups in total. The fourth-order valence-corrected chi connectivity index (χ4v) is 1.71. The van der Waals surface area contributed by atoms with Crippen molar-refractivity contribution in [2.75, 3.05) is 6.61 Å². The Kier molecular flexibility index (Phi) is 3.68. The first-order valence-corrected chi connectivity index (χ1v) is 5.36. The lowest BCUT2D eigenvalue weighted by atomic mass is 10.2. The number of aromatic nitrogens is 1. The van der Waals surface area contributed by atoms with Gasteiger partial charge in [-0.15, -0.1) is 0 Å². The van der Waals surface area contributed by atoms with Gasteiger partial charge in [-0.05, 0) is 12.1 Å². The van der Waals surface area contributed by atoms with Crippen LogP contribution in [0.1, 0.15) is 16.8 Å². The zero-order valence-electron chi connectivity index (χ0n) is 9.11. The van der Waals surface area contributed by atoms with Gasteiger partial charge in [0, 0.05) is 18.8 Å². The normalized spacial score (nSPS) is 28.0. The maximum atomic E-state index is 11.7. The maximum absolute atomic E-state index is 11.7. The topological polar surface area (TPSA) is 91.7 Å². The number of carbonyl (C=O) groups excluding carboxylic acids is 1. The molecule has 3 unspecified atom stereocenters. The van der Waals surface area contributed by atoms with Crippen LogP contribution < -0.4 is 5.32 Å². The molecular formula is C11H14N2O4. The molecule has 1 amide bonds. The molecule has 0 radical (unpaired) electrons. The maximum Gasteiger partial charge on any atom is 0.254 e. The van der Waals surface area contributed by atoms with E-state index in [0.717, 1.165) is 0 Å². The third kappa shape index (κ3) is 2.79. The standard InChI is InChI=1S/C11H14N2O4/c14-6-9-8(15)4-10(17-9)13-11(16)7-2-1-3-12-5-7/h1-3,5,8-10,14-15H,4,6H2,(H,13,16). The lowest BCUT2D eigenvalue weighted by Crippen LogP contribution is -2.35. The molecule has 3 atom stereocenters. The van der Waals surface area contributed by atoms with E-state index in [0.29, 0.717) is 5.56 Å². The summed E-state index contributed by atoms with van der Waals surface area (Å²) in [5.74, 6) is -0.311. The van der Waals surface area contributed by atoms with Gasteiger partial charge in [0.2, 0.25) is 0 Å². The predicted octanol–water partition coefficient (Wildman–Crippen LogP) is -0.720. The summed E-state index contributed by atoms with van der Waals surface area (Å²) in [5, 5.41) is 21.0. The van der Waals surface area contributed by atoms with Gasteiger partial charge in [-0.25, -0.2) is 0 Å². The van der Waals surface area contributed by atoms with Crippen LogP contribution in [-0.4, -0.2) is 46.1 Å². The molecule has 2 rings (SSSR count). The molecule has 1 aromatic heterocycles. The summed E-state index contributed by atoms with van der Waals surface area (Å²) in [7, 11) is 0. The second-order valence-electron chi connectivity index (χ2n) is 3.86.